The highest BCUT2D eigenvalue weighted by Crippen LogP contribution is 2.12. The van der Waals surface area contributed by atoms with Gasteiger partial charge in [-0.3, -0.25) is 14.4 Å². The zero-order valence-corrected chi connectivity index (χ0v) is 52.2. The second-order valence-corrected chi connectivity index (χ2v) is 20.5. The third kappa shape index (κ3) is 65.1. The average Bonchev–Trinajstić information content (AvgIpc) is 3.47. The molecule has 0 fully saturated rings. The molecule has 0 radical (unpaired) electrons. The van der Waals surface area contributed by atoms with Crippen LogP contribution in [-0.2, 0) is 28.6 Å². The molecule has 0 saturated carbocycles. The Morgan fingerprint density at radius 3 is 0.756 bits per heavy atom. The molecule has 0 aliphatic carbocycles. The van der Waals surface area contributed by atoms with Gasteiger partial charge in [0.2, 0.25) is 0 Å². The first-order chi connectivity index (χ1) is 40.5. The van der Waals surface area contributed by atoms with E-state index >= 15 is 0 Å². The van der Waals surface area contributed by atoms with E-state index in [0.717, 1.165) is 180 Å². The number of carbonyl (C=O) groups is 3. The van der Waals surface area contributed by atoms with Crippen molar-refractivity contribution in [3.63, 3.8) is 0 Å². The van der Waals surface area contributed by atoms with Crippen molar-refractivity contribution in [2.24, 2.45) is 0 Å². The summed E-state index contributed by atoms with van der Waals surface area (Å²) < 4.78 is 16.9. The van der Waals surface area contributed by atoms with Crippen molar-refractivity contribution in [2.75, 3.05) is 13.2 Å². The van der Waals surface area contributed by atoms with Crippen LogP contribution in [0.15, 0.2) is 194 Å². The minimum Gasteiger partial charge on any atom is -0.462 e. The van der Waals surface area contributed by atoms with Crippen molar-refractivity contribution >= 4 is 17.9 Å². The van der Waals surface area contributed by atoms with Crippen LogP contribution in [0.1, 0.15) is 245 Å². The number of esters is 3. The SMILES string of the molecule is CC/C=C\C/C=C\C/C=C\C/C=C\C/C=C\C/C=C\C/C=C\CCCCCC(=O)OCC(COC(=O)CCCCCCC/C=C\C/C=C\CCCC)OC(=O)CCCCC/C=C\C/C=C\C/C=C\C/C=C\C/C=C\C/C=C\C/C=C\CC. The molecule has 0 saturated heterocycles. The van der Waals surface area contributed by atoms with E-state index in [0.29, 0.717) is 19.3 Å². The summed E-state index contributed by atoms with van der Waals surface area (Å²) >= 11 is 0. The highest BCUT2D eigenvalue weighted by molar-refractivity contribution is 5.71. The number of allylic oxidation sites excluding steroid dienone is 32. The monoisotopic (exact) mass is 1120 g/mol. The van der Waals surface area contributed by atoms with Gasteiger partial charge in [-0.25, -0.2) is 0 Å². The molecular weight excluding hydrogens is 1010 g/mol. The summed E-state index contributed by atoms with van der Waals surface area (Å²) in [6.45, 7) is 6.29. The molecule has 456 valence electrons. The number of hydrogen-bond acceptors (Lipinski definition) is 6. The lowest BCUT2D eigenvalue weighted by molar-refractivity contribution is -0.167. The minimum absolute atomic E-state index is 0.121. The number of unbranched alkanes of at least 4 members (excludes halogenated alkanes) is 13. The largest absolute Gasteiger partial charge is 0.462 e. The van der Waals surface area contributed by atoms with Crippen molar-refractivity contribution < 1.29 is 28.6 Å². The maximum atomic E-state index is 12.9. The maximum Gasteiger partial charge on any atom is 0.306 e. The zero-order valence-electron chi connectivity index (χ0n) is 52.2. The lowest BCUT2D eigenvalue weighted by atomic mass is 10.1. The van der Waals surface area contributed by atoms with E-state index < -0.39 is 6.10 Å². The van der Waals surface area contributed by atoms with E-state index in [1.807, 2.05) is 0 Å². The predicted molar refractivity (Wildman–Crippen MR) is 357 cm³/mol. The van der Waals surface area contributed by atoms with Crippen molar-refractivity contribution in [1.82, 2.24) is 0 Å². The molecule has 6 heteroatoms. The molecule has 0 aliphatic heterocycles. The molecule has 0 aliphatic rings. The molecule has 6 nitrogen and oxygen atoms in total. The highest BCUT2D eigenvalue weighted by Gasteiger charge is 2.19. The van der Waals surface area contributed by atoms with Crippen LogP contribution in [0.5, 0.6) is 0 Å². The van der Waals surface area contributed by atoms with Crippen LogP contribution in [-0.4, -0.2) is 37.2 Å². The Balaban J connectivity index is 4.56. The van der Waals surface area contributed by atoms with Crippen LogP contribution in [0.25, 0.3) is 0 Å². The van der Waals surface area contributed by atoms with E-state index in [4.69, 9.17) is 14.2 Å². The summed E-state index contributed by atoms with van der Waals surface area (Å²) in [5, 5.41) is 0. The van der Waals surface area contributed by atoms with Gasteiger partial charge in [-0.1, -0.05) is 260 Å². The Morgan fingerprint density at radius 1 is 0.256 bits per heavy atom. The molecule has 0 heterocycles. The highest BCUT2D eigenvalue weighted by atomic mass is 16.6. The summed E-state index contributed by atoms with van der Waals surface area (Å²) in [5.74, 6) is -1.01. The lowest BCUT2D eigenvalue weighted by Gasteiger charge is -2.18. The van der Waals surface area contributed by atoms with Gasteiger partial charge in [0.05, 0.1) is 0 Å². The topological polar surface area (TPSA) is 78.9 Å². The van der Waals surface area contributed by atoms with Gasteiger partial charge < -0.3 is 14.2 Å². The van der Waals surface area contributed by atoms with Crippen molar-refractivity contribution in [3.8, 4) is 0 Å². The first-order valence-corrected chi connectivity index (χ1v) is 32.4. The number of rotatable bonds is 56. The molecule has 1 atom stereocenters. The summed E-state index contributed by atoms with van der Waals surface area (Å²) in [5.41, 5.74) is 0. The number of carbonyl (C=O) groups excluding carboxylic acids is 3. The Kier molecular flexibility index (Phi) is 63.0. The first kappa shape index (κ1) is 76.2. The van der Waals surface area contributed by atoms with Gasteiger partial charge in [0, 0.05) is 19.3 Å². The maximum absolute atomic E-state index is 12.9. The quantitative estimate of drug-likeness (QED) is 0.0261. The molecule has 0 aromatic heterocycles. The number of ether oxygens (including phenoxy) is 3. The van der Waals surface area contributed by atoms with Gasteiger partial charge in [-0.15, -0.1) is 0 Å². The summed E-state index contributed by atoms with van der Waals surface area (Å²) in [6.07, 6.45) is 103. The second-order valence-electron chi connectivity index (χ2n) is 20.5. The normalized spacial score (nSPS) is 13.5. The van der Waals surface area contributed by atoms with Crippen molar-refractivity contribution in [3.05, 3.63) is 194 Å². The van der Waals surface area contributed by atoms with Crippen molar-refractivity contribution in [1.29, 1.82) is 0 Å². The Hall–Kier alpha value is -5.75. The van der Waals surface area contributed by atoms with Crippen LogP contribution in [0.2, 0.25) is 0 Å². The van der Waals surface area contributed by atoms with E-state index in [1.165, 1.54) is 19.3 Å². The van der Waals surface area contributed by atoms with Gasteiger partial charge in [0.15, 0.2) is 6.10 Å². The van der Waals surface area contributed by atoms with Gasteiger partial charge >= 0.3 is 17.9 Å². The Labute approximate surface area is 503 Å². The van der Waals surface area contributed by atoms with Gasteiger partial charge in [0.1, 0.15) is 13.2 Å². The van der Waals surface area contributed by atoms with E-state index in [1.54, 1.807) is 0 Å². The second kappa shape index (κ2) is 67.8. The Morgan fingerprint density at radius 2 is 0.476 bits per heavy atom. The molecule has 82 heavy (non-hydrogen) atoms. The van der Waals surface area contributed by atoms with Crippen LogP contribution in [0, 0.1) is 0 Å². The number of hydrogen-bond donors (Lipinski definition) is 0. The molecule has 0 amide bonds. The van der Waals surface area contributed by atoms with E-state index in [9.17, 15) is 14.4 Å². The summed E-state index contributed by atoms with van der Waals surface area (Å²) in [4.78, 5) is 38.3. The average molecular weight is 1130 g/mol. The zero-order chi connectivity index (χ0) is 59.2. The smallest absolute Gasteiger partial charge is 0.306 e. The molecular formula is C76H116O6. The minimum atomic E-state index is -0.830. The molecule has 0 bridgehead atoms. The lowest BCUT2D eigenvalue weighted by Crippen LogP contribution is -2.30. The first-order valence-electron chi connectivity index (χ1n) is 32.4. The van der Waals surface area contributed by atoms with Gasteiger partial charge in [0.25, 0.3) is 0 Å². The van der Waals surface area contributed by atoms with E-state index in [-0.39, 0.29) is 37.5 Å². The molecule has 0 rings (SSSR count). The fraction of sp³-hybridized carbons (Fsp3) is 0.539. The van der Waals surface area contributed by atoms with Crippen LogP contribution >= 0.6 is 0 Å². The fourth-order valence-corrected chi connectivity index (χ4v) is 8.01. The molecule has 0 spiro atoms. The predicted octanol–water partition coefficient (Wildman–Crippen LogP) is 22.6. The summed E-state index contributed by atoms with van der Waals surface area (Å²) in [7, 11) is 0. The molecule has 1 unspecified atom stereocenters. The fourth-order valence-electron chi connectivity index (χ4n) is 8.01. The van der Waals surface area contributed by atoms with E-state index in [2.05, 4.69) is 215 Å². The third-order valence-electron chi connectivity index (χ3n) is 12.8. The standard InChI is InChI=1S/C76H116O6/c1-4-7-10-13-16-19-22-25-28-30-32-34-36-38-40-42-44-46-48-51-54-57-60-63-66-69-75(78)81-72-73(71-80-74(77)68-65-62-59-56-53-50-27-24-21-18-15-12-9-6-3)82-76(79)70-67-64-61-58-55-52-49-47-45-43-41-39-37-35-33-31-29-26-23-20-17-14-11-8-5-2/h7-8,10-11,15-20,24-29,32-35,38-41,44-47,51-52,54-55,73H,4-6,9,12-14,21-23,30-31,36-37,42-43,48-50,53,56-72H2,1-3H3/b10-7-,11-8-,18-15-,19-16-,20-17-,27-24-,28-25-,29-26-,34-32-,35-33-,40-38-,41-39-,46-44-,47-45-,54-51-,55-52-. The van der Waals surface area contributed by atoms with Crippen LogP contribution < -0.4 is 0 Å². The Bertz CT molecular complexity index is 1970. The summed E-state index contributed by atoms with van der Waals surface area (Å²) in [6, 6.07) is 0. The van der Waals surface area contributed by atoms with Crippen LogP contribution in [0.3, 0.4) is 0 Å². The van der Waals surface area contributed by atoms with Crippen molar-refractivity contribution in [2.45, 2.75) is 252 Å². The third-order valence-corrected chi connectivity index (χ3v) is 12.8. The molecule has 0 N–H and O–H groups in total. The van der Waals surface area contributed by atoms with Gasteiger partial charge in [-0.05, 0) is 161 Å². The molecule has 0 aromatic rings. The molecule has 0 aromatic carbocycles. The van der Waals surface area contributed by atoms with Gasteiger partial charge in [-0.2, -0.15) is 0 Å². The van der Waals surface area contributed by atoms with Crippen LogP contribution in [0.4, 0.5) is 0 Å².